The maximum atomic E-state index is 11.1. The van der Waals surface area contributed by atoms with Gasteiger partial charge in [-0.05, 0) is 41.2 Å². The summed E-state index contributed by atoms with van der Waals surface area (Å²) in [5.41, 5.74) is 3.10. The van der Waals surface area contributed by atoms with E-state index in [-0.39, 0.29) is 5.41 Å². The minimum absolute atomic E-state index is 0.179. The minimum atomic E-state index is 0.179. The molecule has 2 aromatic rings. The molecule has 0 aliphatic rings. The van der Waals surface area contributed by atoms with E-state index >= 15 is 0 Å². The molecule has 0 aliphatic heterocycles. The molecule has 0 atom stereocenters. The predicted molar refractivity (Wildman–Crippen MR) is 85.8 cm³/mol. The molecule has 0 aliphatic carbocycles. The van der Waals surface area contributed by atoms with Crippen molar-refractivity contribution in [3.05, 3.63) is 65.2 Å². The van der Waals surface area contributed by atoms with Crippen LogP contribution in [-0.2, 0) is 13.0 Å². The van der Waals surface area contributed by atoms with Gasteiger partial charge in [-0.3, -0.25) is 4.79 Å². The highest BCUT2D eigenvalue weighted by atomic mass is 16.5. The highest BCUT2D eigenvalue weighted by Gasteiger charge is 2.13. The highest BCUT2D eigenvalue weighted by molar-refractivity contribution is 5.76. The van der Waals surface area contributed by atoms with Gasteiger partial charge in [-0.25, -0.2) is 0 Å². The van der Waals surface area contributed by atoms with E-state index in [0.717, 1.165) is 29.6 Å². The van der Waals surface area contributed by atoms with Crippen molar-refractivity contribution in [3.63, 3.8) is 0 Å². The molecular formula is C19H22O2. The van der Waals surface area contributed by atoms with Crippen LogP contribution in [0.25, 0.3) is 0 Å². The Morgan fingerprint density at radius 1 is 1.00 bits per heavy atom. The summed E-state index contributed by atoms with van der Waals surface area (Å²) in [7, 11) is 0. The second kappa shape index (κ2) is 6.57. The monoisotopic (exact) mass is 282 g/mol. The Morgan fingerprint density at radius 3 is 2.33 bits per heavy atom. The van der Waals surface area contributed by atoms with Crippen molar-refractivity contribution in [1.82, 2.24) is 0 Å². The summed E-state index contributed by atoms with van der Waals surface area (Å²) in [4.78, 5) is 11.1. The zero-order valence-electron chi connectivity index (χ0n) is 12.9. The molecule has 0 fully saturated rings. The number of carbonyl (C=O) groups excluding carboxylic acids is 1. The number of aldehydes is 1. The highest BCUT2D eigenvalue weighted by Crippen LogP contribution is 2.25. The van der Waals surface area contributed by atoms with Crippen molar-refractivity contribution in [3.8, 4) is 5.75 Å². The molecule has 0 heterocycles. The SMILES string of the molecule is CC(C)(C)Cc1cc(C=O)cc(OCc2ccccc2)c1. The molecule has 2 aromatic carbocycles. The average Bonchev–Trinajstić information content (AvgIpc) is 2.44. The molecule has 0 N–H and O–H groups in total. The van der Waals surface area contributed by atoms with Crippen LogP contribution in [0.15, 0.2) is 48.5 Å². The smallest absolute Gasteiger partial charge is 0.150 e. The summed E-state index contributed by atoms with van der Waals surface area (Å²) in [6.07, 6.45) is 1.79. The van der Waals surface area contributed by atoms with E-state index in [0.29, 0.717) is 12.2 Å². The van der Waals surface area contributed by atoms with E-state index in [1.54, 1.807) is 6.07 Å². The fraction of sp³-hybridized carbons (Fsp3) is 0.316. The van der Waals surface area contributed by atoms with Gasteiger partial charge in [0.1, 0.15) is 18.6 Å². The predicted octanol–water partition coefficient (Wildman–Crippen LogP) is 4.67. The maximum Gasteiger partial charge on any atom is 0.150 e. The second-order valence-electron chi connectivity index (χ2n) is 6.54. The fourth-order valence-electron chi connectivity index (χ4n) is 2.29. The Kier molecular flexibility index (Phi) is 4.79. The molecule has 0 aromatic heterocycles. The van der Waals surface area contributed by atoms with Gasteiger partial charge in [-0.2, -0.15) is 0 Å². The molecule has 0 saturated heterocycles. The lowest BCUT2D eigenvalue weighted by molar-refractivity contribution is 0.112. The zero-order valence-corrected chi connectivity index (χ0v) is 12.9. The largest absolute Gasteiger partial charge is 0.489 e. The summed E-state index contributed by atoms with van der Waals surface area (Å²) in [5, 5.41) is 0. The third-order valence-corrected chi connectivity index (χ3v) is 3.11. The Morgan fingerprint density at radius 2 is 1.71 bits per heavy atom. The molecule has 21 heavy (non-hydrogen) atoms. The molecule has 2 heteroatoms. The second-order valence-corrected chi connectivity index (χ2v) is 6.54. The number of hydrogen-bond acceptors (Lipinski definition) is 2. The van der Waals surface area contributed by atoms with Crippen molar-refractivity contribution in [2.24, 2.45) is 5.41 Å². The van der Waals surface area contributed by atoms with E-state index < -0.39 is 0 Å². The first-order valence-corrected chi connectivity index (χ1v) is 7.22. The molecule has 0 spiro atoms. The number of ether oxygens (including phenoxy) is 1. The fourth-order valence-corrected chi connectivity index (χ4v) is 2.29. The van der Waals surface area contributed by atoms with E-state index in [4.69, 9.17) is 4.74 Å². The Hall–Kier alpha value is -2.09. The lowest BCUT2D eigenvalue weighted by Crippen LogP contribution is -2.09. The van der Waals surface area contributed by atoms with Crippen molar-refractivity contribution in [1.29, 1.82) is 0 Å². The topological polar surface area (TPSA) is 26.3 Å². The van der Waals surface area contributed by atoms with E-state index in [1.807, 2.05) is 42.5 Å². The molecule has 0 radical (unpaired) electrons. The third-order valence-electron chi connectivity index (χ3n) is 3.11. The van der Waals surface area contributed by atoms with Gasteiger partial charge in [-0.15, -0.1) is 0 Å². The van der Waals surface area contributed by atoms with Gasteiger partial charge in [0, 0.05) is 5.56 Å². The van der Waals surface area contributed by atoms with E-state index in [9.17, 15) is 4.79 Å². The lowest BCUT2D eigenvalue weighted by Gasteiger charge is -2.19. The van der Waals surface area contributed by atoms with Crippen LogP contribution in [-0.4, -0.2) is 6.29 Å². The Balaban J connectivity index is 2.15. The van der Waals surface area contributed by atoms with Gasteiger partial charge >= 0.3 is 0 Å². The first-order chi connectivity index (χ1) is 9.96. The van der Waals surface area contributed by atoms with Crippen LogP contribution in [0.3, 0.4) is 0 Å². The van der Waals surface area contributed by atoms with E-state index in [1.165, 1.54) is 0 Å². The normalized spacial score (nSPS) is 11.2. The Labute approximate surface area is 126 Å². The standard InChI is InChI=1S/C19H22O2/c1-19(2,3)12-16-9-17(13-20)11-18(10-16)21-14-15-7-5-4-6-8-15/h4-11,13H,12,14H2,1-3H3. The Bertz CT molecular complexity index is 595. The number of rotatable bonds is 5. The van der Waals surface area contributed by atoms with Gasteiger partial charge in [0.05, 0.1) is 0 Å². The molecule has 2 nitrogen and oxygen atoms in total. The molecule has 2 rings (SSSR count). The van der Waals surface area contributed by atoms with Crippen LogP contribution in [0, 0.1) is 5.41 Å². The lowest BCUT2D eigenvalue weighted by atomic mass is 9.87. The van der Waals surface area contributed by atoms with Crippen molar-refractivity contribution in [2.45, 2.75) is 33.8 Å². The van der Waals surface area contributed by atoms with Gasteiger partial charge < -0.3 is 4.74 Å². The third kappa shape index (κ3) is 5.07. The van der Waals surface area contributed by atoms with Crippen LogP contribution in [0.1, 0.15) is 42.3 Å². The van der Waals surface area contributed by atoms with Crippen molar-refractivity contribution < 1.29 is 9.53 Å². The number of benzene rings is 2. The van der Waals surface area contributed by atoms with Crippen molar-refractivity contribution >= 4 is 6.29 Å². The summed E-state index contributed by atoms with van der Waals surface area (Å²) in [5.74, 6) is 0.753. The van der Waals surface area contributed by atoms with Gasteiger partial charge in [-0.1, -0.05) is 51.1 Å². The maximum absolute atomic E-state index is 11.1. The molecule has 0 unspecified atom stereocenters. The van der Waals surface area contributed by atoms with Gasteiger partial charge in [0.2, 0.25) is 0 Å². The quantitative estimate of drug-likeness (QED) is 0.745. The first-order valence-electron chi connectivity index (χ1n) is 7.22. The summed E-state index contributed by atoms with van der Waals surface area (Å²) in [6, 6.07) is 15.8. The first kappa shape index (κ1) is 15.3. The van der Waals surface area contributed by atoms with Crippen LogP contribution in [0.2, 0.25) is 0 Å². The number of carbonyl (C=O) groups is 1. The van der Waals surface area contributed by atoms with Crippen LogP contribution in [0.4, 0.5) is 0 Å². The van der Waals surface area contributed by atoms with Crippen LogP contribution in [0.5, 0.6) is 5.75 Å². The molecular weight excluding hydrogens is 260 g/mol. The summed E-state index contributed by atoms with van der Waals surface area (Å²) >= 11 is 0. The van der Waals surface area contributed by atoms with Crippen molar-refractivity contribution in [2.75, 3.05) is 0 Å². The summed E-state index contributed by atoms with van der Waals surface area (Å²) < 4.78 is 5.83. The van der Waals surface area contributed by atoms with Crippen LogP contribution < -0.4 is 4.74 Å². The molecule has 0 bridgehead atoms. The molecule has 0 saturated carbocycles. The van der Waals surface area contributed by atoms with Gasteiger partial charge in [0.25, 0.3) is 0 Å². The van der Waals surface area contributed by atoms with Crippen LogP contribution >= 0.6 is 0 Å². The summed E-state index contributed by atoms with van der Waals surface area (Å²) in [6.45, 7) is 7.07. The zero-order chi connectivity index (χ0) is 15.3. The molecule has 110 valence electrons. The van der Waals surface area contributed by atoms with Gasteiger partial charge in [0.15, 0.2) is 0 Å². The van der Waals surface area contributed by atoms with E-state index in [2.05, 4.69) is 20.8 Å². The molecule has 0 amide bonds. The number of hydrogen-bond donors (Lipinski definition) is 0. The minimum Gasteiger partial charge on any atom is -0.489 e. The average molecular weight is 282 g/mol.